The van der Waals surface area contributed by atoms with Crippen molar-refractivity contribution in [3.05, 3.63) is 60.2 Å². The Bertz CT molecular complexity index is 589. The summed E-state index contributed by atoms with van der Waals surface area (Å²) in [6.07, 6.45) is 1.36. The summed E-state index contributed by atoms with van der Waals surface area (Å²) >= 11 is 0. The van der Waals surface area contributed by atoms with Crippen molar-refractivity contribution in [3.63, 3.8) is 0 Å². The molecule has 0 unspecified atom stereocenters. The molecule has 0 heterocycles. The van der Waals surface area contributed by atoms with E-state index in [4.69, 9.17) is 4.74 Å². The molecule has 1 saturated carbocycles. The van der Waals surface area contributed by atoms with E-state index in [1.54, 1.807) is 12.3 Å². The lowest BCUT2D eigenvalue weighted by Crippen LogP contribution is -2.41. The summed E-state index contributed by atoms with van der Waals surface area (Å²) in [6.45, 7) is 5.01. The fraction of sp³-hybridized carbons (Fsp3) is 0.368. The molecule has 0 aliphatic heterocycles. The van der Waals surface area contributed by atoms with Crippen molar-refractivity contribution in [3.8, 4) is 5.75 Å². The lowest BCUT2D eigenvalue weighted by Gasteiger charge is -2.23. The van der Waals surface area contributed by atoms with E-state index in [0.29, 0.717) is 0 Å². The smallest absolute Gasteiger partial charge is 0.118 e. The number of benzene rings is 2. The summed E-state index contributed by atoms with van der Waals surface area (Å²) < 4.78 is 5.24. The molecule has 0 N–H and O–H groups in total. The molecule has 2 heteroatoms. The van der Waals surface area contributed by atoms with Gasteiger partial charge < -0.3 is 4.74 Å². The van der Waals surface area contributed by atoms with Gasteiger partial charge in [0.2, 0.25) is 0 Å². The Morgan fingerprint density at radius 1 is 1.00 bits per heavy atom. The summed E-state index contributed by atoms with van der Waals surface area (Å²) in [6, 6.07) is 21.2. The van der Waals surface area contributed by atoms with Crippen LogP contribution in [0.25, 0.3) is 0 Å². The van der Waals surface area contributed by atoms with E-state index in [1.165, 1.54) is 18.0 Å². The van der Waals surface area contributed by atoms with Crippen LogP contribution in [-0.2, 0) is 0 Å². The molecule has 110 valence electrons. The van der Waals surface area contributed by atoms with Crippen LogP contribution in [-0.4, -0.2) is 15.2 Å². The van der Waals surface area contributed by atoms with Gasteiger partial charge in [-0.1, -0.05) is 66.8 Å². The predicted octanol–water partition coefficient (Wildman–Crippen LogP) is 4.41. The van der Waals surface area contributed by atoms with E-state index in [1.807, 2.05) is 0 Å². The van der Waals surface area contributed by atoms with Crippen LogP contribution in [0.15, 0.2) is 54.6 Å². The molecule has 1 aliphatic carbocycles. The summed E-state index contributed by atoms with van der Waals surface area (Å²) in [7, 11) is 0.428. The van der Waals surface area contributed by atoms with Crippen LogP contribution in [0.3, 0.4) is 0 Å². The fourth-order valence-corrected chi connectivity index (χ4v) is 6.49. The molecule has 3 rings (SSSR count). The molecule has 2 atom stereocenters. The third-order valence-corrected chi connectivity index (χ3v) is 8.24. The van der Waals surface area contributed by atoms with Gasteiger partial charge in [-0.15, -0.1) is 0 Å². The van der Waals surface area contributed by atoms with Crippen molar-refractivity contribution in [2.24, 2.45) is 5.92 Å². The van der Waals surface area contributed by atoms with Crippen LogP contribution in [0.4, 0.5) is 0 Å². The second kappa shape index (κ2) is 5.68. The minimum absolute atomic E-state index is 0.770. The Balaban J connectivity index is 1.65. The molecule has 21 heavy (non-hydrogen) atoms. The molecule has 0 spiro atoms. The highest BCUT2D eigenvalue weighted by Crippen LogP contribution is 2.51. The molecule has 2 aromatic carbocycles. The zero-order valence-electron chi connectivity index (χ0n) is 13.2. The largest absolute Gasteiger partial charge is 0.497 e. The summed E-state index contributed by atoms with van der Waals surface area (Å²) in [5.41, 5.74) is 1.48. The third kappa shape index (κ3) is 3.21. The van der Waals surface area contributed by atoms with E-state index in [0.717, 1.165) is 17.6 Å². The SMILES string of the molecule is COc1ccc([C@@H]2C[C@H]2C[Si](C)(C)c2ccccc2)cc1. The number of hydrogen-bond acceptors (Lipinski definition) is 1. The van der Waals surface area contributed by atoms with E-state index in [9.17, 15) is 0 Å². The van der Waals surface area contributed by atoms with Gasteiger partial charge >= 0.3 is 0 Å². The van der Waals surface area contributed by atoms with Crippen LogP contribution in [0.1, 0.15) is 17.9 Å². The van der Waals surface area contributed by atoms with Crippen LogP contribution in [0, 0.1) is 5.92 Å². The van der Waals surface area contributed by atoms with Gasteiger partial charge in [0.15, 0.2) is 0 Å². The van der Waals surface area contributed by atoms with E-state index in [2.05, 4.69) is 67.7 Å². The molecule has 0 bridgehead atoms. The Morgan fingerprint density at radius 3 is 2.29 bits per heavy atom. The second-order valence-electron chi connectivity index (χ2n) is 6.83. The lowest BCUT2D eigenvalue weighted by atomic mass is 10.1. The van der Waals surface area contributed by atoms with Crippen LogP contribution >= 0.6 is 0 Å². The highest BCUT2D eigenvalue weighted by Gasteiger charge is 2.42. The Kier molecular flexibility index (Phi) is 3.90. The van der Waals surface area contributed by atoms with Gasteiger partial charge in [0, 0.05) is 0 Å². The molecule has 0 radical (unpaired) electrons. The highest BCUT2D eigenvalue weighted by atomic mass is 28.3. The number of rotatable bonds is 5. The lowest BCUT2D eigenvalue weighted by molar-refractivity contribution is 0.414. The molecule has 1 fully saturated rings. The summed E-state index contributed by atoms with van der Waals surface area (Å²) in [5.74, 6) is 2.60. The minimum Gasteiger partial charge on any atom is -0.497 e. The second-order valence-corrected chi connectivity index (χ2v) is 11.6. The zero-order valence-corrected chi connectivity index (χ0v) is 14.2. The minimum atomic E-state index is -1.30. The molecule has 0 saturated heterocycles. The first kappa shape index (κ1) is 14.4. The van der Waals surface area contributed by atoms with Gasteiger partial charge in [-0.25, -0.2) is 0 Å². The van der Waals surface area contributed by atoms with Crippen molar-refractivity contribution in [1.29, 1.82) is 0 Å². The van der Waals surface area contributed by atoms with Crippen molar-refractivity contribution in [2.45, 2.75) is 31.5 Å². The topological polar surface area (TPSA) is 9.23 Å². The first-order valence-corrected chi connectivity index (χ1v) is 11.0. The average Bonchev–Trinajstić information content (AvgIpc) is 3.26. The number of methoxy groups -OCH3 is 1. The van der Waals surface area contributed by atoms with E-state index in [-0.39, 0.29) is 0 Å². The van der Waals surface area contributed by atoms with Gasteiger partial charge in [-0.2, -0.15) is 0 Å². The Morgan fingerprint density at radius 2 is 1.67 bits per heavy atom. The summed E-state index contributed by atoms with van der Waals surface area (Å²) in [4.78, 5) is 0. The van der Waals surface area contributed by atoms with Crippen LogP contribution in [0.5, 0.6) is 5.75 Å². The normalized spacial score (nSPS) is 21.1. The van der Waals surface area contributed by atoms with Crippen LogP contribution < -0.4 is 9.92 Å². The summed E-state index contributed by atoms with van der Waals surface area (Å²) in [5, 5.41) is 1.59. The zero-order chi connectivity index (χ0) is 14.9. The van der Waals surface area contributed by atoms with E-state index >= 15 is 0 Å². The van der Waals surface area contributed by atoms with Gasteiger partial charge in [-0.05, 0) is 36.0 Å². The van der Waals surface area contributed by atoms with Crippen molar-refractivity contribution in [1.82, 2.24) is 0 Å². The molecule has 1 nitrogen and oxygen atoms in total. The van der Waals surface area contributed by atoms with Gasteiger partial charge in [0.25, 0.3) is 0 Å². The molecular weight excluding hydrogens is 272 g/mol. The van der Waals surface area contributed by atoms with Crippen molar-refractivity contribution in [2.75, 3.05) is 7.11 Å². The maximum atomic E-state index is 5.24. The average molecular weight is 296 g/mol. The molecule has 0 amide bonds. The fourth-order valence-electron chi connectivity index (χ4n) is 3.40. The Labute approximate surface area is 129 Å². The predicted molar refractivity (Wildman–Crippen MR) is 92.2 cm³/mol. The molecule has 1 aliphatic rings. The molecule has 2 aromatic rings. The van der Waals surface area contributed by atoms with Crippen molar-refractivity contribution < 1.29 is 4.74 Å². The first-order valence-electron chi connectivity index (χ1n) is 7.79. The monoisotopic (exact) mass is 296 g/mol. The number of hydrogen-bond donors (Lipinski definition) is 0. The van der Waals surface area contributed by atoms with Gasteiger partial charge in [0.1, 0.15) is 5.75 Å². The van der Waals surface area contributed by atoms with Crippen LogP contribution in [0.2, 0.25) is 19.1 Å². The standard InChI is InChI=1S/C19H24OSi/c1-20-17-11-9-15(10-12-17)19-13-16(19)14-21(2,3)18-7-5-4-6-8-18/h4-12,16,19H,13-14H2,1-3H3/t16-,19-/m0/s1. The quantitative estimate of drug-likeness (QED) is 0.742. The van der Waals surface area contributed by atoms with E-state index < -0.39 is 8.07 Å². The highest BCUT2D eigenvalue weighted by molar-refractivity contribution is 6.89. The third-order valence-electron chi connectivity index (χ3n) is 4.79. The maximum Gasteiger partial charge on any atom is 0.118 e. The van der Waals surface area contributed by atoms with Gasteiger partial charge in [0.05, 0.1) is 15.2 Å². The first-order chi connectivity index (χ1) is 10.1. The Hall–Kier alpha value is -1.54. The van der Waals surface area contributed by atoms with Crippen molar-refractivity contribution >= 4 is 13.3 Å². The molecule has 0 aromatic heterocycles. The van der Waals surface area contributed by atoms with Gasteiger partial charge in [-0.3, -0.25) is 0 Å². The maximum absolute atomic E-state index is 5.24. The molecular formula is C19H24OSi. The number of ether oxygens (including phenoxy) is 1.